The minimum Gasteiger partial charge on any atom is -0.469 e. The summed E-state index contributed by atoms with van der Waals surface area (Å²) in [6.45, 7) is 5.03. The third-order valence-corrected chi connectivity index (χ3v) is 1.61. The third kappa shape index (κ3) is 2.74. The zero-order chi connectivity index (χ0) is 8.81. The molecule has 63 valence electrons. The van der Waals surface area contributed by atoms with Crippen molar-refractivity contribution in [1.82, 2.24) is 0 Å². The van der Waals surface area contributed by atoms with Crippen LogP contribution in [-0.2, 0) is 11.2 Å². The molecule has 2 nitrogen and oxygen atoms in total. The molecule has 1 heterocycles. The smallest absolute Gasteiger partial charge is 0.155 e. The van der Waals surface area contributed by atoms with E-state index in [1.54, 1.807) is 6.26 Å². The zero-order valence-electron chi connectivity index (χ0n) is 6.82. The summed E-state index contributed by atoms with van der Waals surface area (Å²) in [5, 5.41) is 0. The molecule has 0 aliphatic carbocycles. The molecule has 0 saturated heterocycles. The van der Waals surface area contributed by atoms with Crippen LogP contribution in [0.4, 0.5) is 0 Å². The van der Waals surface area contributed by atoms with E-state index in [9.17, 15) is 4.79 Å². The Hall–Kier alpha value is -1.31. The molecule has 0 aromatic carbocycles. The molecule has 0 saturated carbocycles. The van der Waals surface area contributed by atoms with Crippen LogP contribution in [0.5, 0.6) is 0 Å². The quantitative estimate of drug-likeness (QED) is 0.622. The second-order valence-electron chi connectivity index (χ2n) is 2.57. The van der Waals surface area contributed by atoms with Gasteiger partial charge in [0.15, 0.2) is 5.78 Å². The van der Waals surface area contributed by atoms with Gasteiger partial charge in [0.25, 0.3) is 0 Å². The van der Waals surface area contributed by atoms with Crippen LogP contribution in [0.15, 0.2) is 28.9 Å². The maximum absolute atomic E-state index is 10.7. The monoisotopic (exact) mass is 163 g/mol. The normalized spacial score (nSPS) is 9.67. The summed E-state index contributed by atoms with van der Waals surface area (Å²) >= 11 is 0. The minimum absolute atomic E-state index is 0.0124. The van der Waals surface area contributed by atoms with Crippen molar-refractivity contribution in [2.75, 3.05) is 0 Å². The largest absolute Gasteiger partial charge is 0.469 e. The summed E-state index contributed by atoms with van der Waals surface area (Å²) in [4.78, 5) is 10.7. The average Bonchev–Trinajstić information content (AvgIpc) is 2.57. The predicted molar refractivity (Wildman–Crippen MR) is 45.5 cm³/mol. The predicted octanol–water partition coefficient (Wildman–Crippen LogP) is 2.16. The highest BCUT2D eigenvalue weighted by Gasteiger charge is 1.98. The second kappa shape index (κ2) is 4.54. The Morgan fingerprint density at radius 2 is 2.50 bits per heavy atom. The first-order valence-corrected chi connectivity index (χ1v) is 3.93. The van der Waals surface area contributed by atoms with Crippen LogP contribution in [-0.4, -0.2) is 5.78 Å². The van der Waals surface area contributed by atoms with Gasteiger partial charge in [-0.1, -0.05) is 6.58 Å². The van der Waals surface area contributed by atoms with Crippen LogP contribution in [0.25, 0.3) is 0 Å². The highest BCUT2D eigenvalue weighted by atomic mass is 16.3. The van der Waals surface area contributed by atoms with Crippen LogP contribution in [0, 0.1) is 6.58 Å². The van der Waals surface area contributed by atoms with Crippen molar-refractivity contribution in [3.8, 4) is 0 Å². The summed E-state index contributed by atoms with van der Waals surface area (Å²) in [6, 6.07) is 3.74. The van der Waals surface area contributed by atoms with Crippen LogP contribution in [0.1, 0.15) is 18.6 Å². The van der Waals surface area contributed by atoms with Gasteiger partial charge in [0.1, 0.15) is 5.76 Å². The Balaban J connectivity index is 2.19. The summed E-state index contributed by atoms with van der Waals surface area (Å²) in [5.74, 6) is 0.904. The summed E-state index contributed by atoms with van der Waals surface area (Å²) in [6.07, 6.45) is 4.83. The van der Waals surface area contributed by atoms with Gasteiger partial charge in [-0.05, 0) is 24.6 Å². The number of carbonyl (C=O) groups is 1. The molecule has 0 bridgehead atoms. The maximum Gasteiger partial charge on any atom is 0.155 e. The fraction of sp³-hybridized carbons (Fsp3) is 0.300. The molecule has 0 unspecified atom stereocenters. The van der Waals surface area contributed by atoms with E-state index in [4.69, 9.17) is 11.0 Å². The van der Waals surface area contributed by atoms with Crippen LogP contribution < -0.4 is 0 Å². The molecule has 0 atom stereocenters. The lowest BCUT2D eigenvalue weighted by Crippen LogP contribution is -1.92. The first kappa shape index (κ1) is 8.78. The first-order valence-electron chi connectivity index (χ1n) is 3.93. The van der Waals surface area contributed by atoms with Gasteiger partial charge in [-0.25, -0.2) is 0 Å². The number of hydrogen-bond donors (Lipinski definition) is 0. The van der Waals surface area contributed by atoms with Crippen molar-refractivity contribution in [2.24, 2.45) is 0 Å². The lowest BCUT2D eigenvalue weighted by atomic mass is 10.1. The summed E-state index contributed by atoms with van der Waals surface area (Å²) in [7, 11) is 0. The van der Waals surface area contributed by atoms with E-state index >= 15 is 0 Å². The van der Waals surface area contributed by atoms with Crippen LogP contribution >= 0.6 is 0 Å². The van der Waals surface area contributed by atoms with E-state index in [-0.39, 0.29) is 5.78 Å². The Labute approximate surface area is 71.9 Å². The van der Waals surface area contributed by atoms with Gasteiger partial charge < -0.3 is 4.42 Å². The second-order valence-corrected chi connectivity index (χ2v) is 2.57. The highest BCUT2D eigenvalue weighted by Crippen LogP contribution is 2.05. The Kier molecular flexibility index (Phi) is 3.33. The minimum atomic E-state index is -0.0124. The highest BCUT2D eigenvalue weighted by molar-refractivity contribution is 5.88. The van der Waals surface area contributed by atoms with Crippen molar-refractivity contribution >= 4 is 5.78 Å². The molecule has 12 heavy (non-hydrogen) atoms. The van der Waals surface area contributed by atoms with E-state index in [0.717, 1.165) is 24.7 Å². The van der Waals surface area contributed by atoms with E-state index < -0.39 is 0 Å². The molecule has 0 N–H and O–H groups in total. The molecular formula is C10H11O2. The molecule has 0 fully saturated rings. The number of hydrogen-bond acceptors (Lipinski definition) is 2. The lowest BCUT2D eigenvalue weighted by molar-refractivity contribution is -0.114. The molecule has 0 spiro atoms. The summed E-state index contributed by atoms with van der Waals surface area (Å²) in [5.41, 5.74) is 0. The van der Waals surface area contributed by atoms with E-state index in [1.807, 2.05) is 12.1 Å². The SMILES string of the molecule is [CH]=CC(=O)CCCc1ccco1. The first-order chi connectivity index (χ1) is 5.83. The topological polar surface area (TPSA) is 30.2 Å². The van der Waals surface area contributed by atoms with Crippen molar-refractivity contribution in [1.29, 1.82) is 0 Å². The van der Waals surface area contributed by atoms with Gasteiger partial charge in [0.05, 0.1) is 6.26 Å². The molecule has 1 rings (SSSR count). The van der Waals surface area contributed by atoms with Gasteiger partial charge in [-0.15, -0.1) is 0 Å². The van der Waals surface area contributed by atoms with E-state index in [1.165, 1.54) is 0 Å². The van der Waals surface area contributed by atoms with Crippen molar-refractivity contribution in [3.05, 3.63) is 36.8 Å². The Morgan fingerprint density at radius 3 is 3.08 bits per heavy atom. The molecular weight excluding hydrogens is 152 g/mol. The number of allylic oxidation sites excluding steroid dienone is 1. The standard InChI is InChI=1S/C10H11O2/c1-2-9(11)5-3-6-10-7-4-8-12-10/h1-2,4,7-8H,3,5-6H2. The number of rotatable bonds is 5. The molecule has 1 aromatic rings. The molecule has 0 aliphatic rings. The number of carbonyl (C=O) groups excluding carboxylic acids is 1. The van der Waals surface area contributed by atoms with E-state index in [2.05, 4.69) is 0 Å². The van der Waals surface area contributed by atoms with Crippen molar-refractivity contribution in [2.45, 2.75) is 19.3 Å². The van der Waals surface area contributed by atoms with Gasteiger partial charge >= 0.3 is 0 Å². The molecule has 1 radical (unpaired) electrons. The number of aryl methyl sites for hydroxylation is 1. The van der Waals surface area contributed by atoms with Crippen LogP contribution in [0.3, 0.4) is 0 Å². The van der Waals surface area contributed by atoms with Crippen LogP contribution in [0.2, 0.25) is 0 Å². The fourth-order valence-corrected chi connectivity index (χ4v) is 0.975. The van der Waals surface area contributed by atoms with Gasteiger partial charge in [0, 0.05) is 12.8 Å². The molecule has 0 amide bonds. The molecule has 1 aromatic heterocycles. The Bertz CT molecular complexity index is 247. The fourth-order valence-electron chi connectivity index (χ4n) is 0.975. The van der Waals surface area contributed by atoms with Gasteiger partial charge in [-0.2, -0.15) is 0 Å². The molecule has 0 aliphatic heterocycles. The lowest BCUT2D eigenvalue weighted by Gasteiger charge is -1.93. The van der Waals surface area contributed by atoms with Gasteiger partial charge in [-0.3, -0.25) is 4.79 Å². The van der Waals surface area contributed by atoms with Crippen molar-refractivity contribution < 1.29 is 9.21 Å². The Morgan fingerprint density at radius 1 is 1.67 bits per heavy atom. The summed E-state index contributed by atoms with van der Waals surface area (Å²) < 4.78 is 5.10. The number of ketones is 1. The van der Waals surface area contributed by atoms with E-state index in [0.29, 0.717) is 6.42 Å². The third-order valence-electron chi connectivity index (χ3n) is 1.61. The van der Waals surface area contributed by atoms with Gasteiger partial charge in [0.2, 0.25) is 0 Å². The average molecular weight is 163 g/mol. The van der Waals surface area contributed by atoms with Crippen molar-refractivity contribution in [3.63, 3.8) is 0 Å². The zero-order valence-corrected chi connectivity index (χ0v) is 6.82. The maximum atomic E-state index is 10.7. The molecule has 2 heteroatoms. The number of furan rings is 1.